The molecule has 3 nitrogen and oxygen atoms in total. The van der Waals surface area contributed by atoms with E-state index in [4.69, 9.17) is 4.42 Å². The molecule has 0 aromatic carbocycles. The van der Waals surface area contributed by atoms with Crippen LogP contribution in [-0.4, -0.2) is 29.2 Å². The number of alkyl halides is 1. The average molecular weight is 286 g/mol. The lowest BCUT2D eigenvalue weighted by molar-refractivity contribution is 0.0754. The van der Waals surface area contributed by atoms with E-state index >= 15 is 0 Å². The van der Waals surface area contributed by atoms with Crippen LogP contribution >= 0.6 is 15.9 Å². The maximum atomic E-state index is 12.0. The number of carbonyl (C=O) groups excluding carboxylic acids is 1. The number of hydrogen-bond acceptors (Lipinski definition) is 2. The maximum absolute atomic E-state index is 12.0. The average Bonchev–Trinajstić information content (AvgIpc) is 2.87. The normalized spacial score (nSPS) is 20.4. The Hall–Kier alpha value is -0.770. The highest BCUT2D eigenvalue weighted by molar-refractivity contribution is 9.09. The van der Waals surface area contributed by atoms with Crippen molar-refractivity contribution >= 4 is 21.8 Å². The van der Waals surface area contributed by atoms with E-state index < -0.39 is 0 Å². The predicted molar refractivity (Wildman–Crippen MR) is 65.9 cm³/mol. The summed E-state index contributed by atoms with van der Waals surface area (Å²) in [4.78, 5) is 13.9. The van der Waals surface area contributed by atoms with Gasteiger partial charge in [0.2, 0.25) is 0 Å². The molecule has 0 spiro atoms. The summed E-state index contributed by atoms with van der Waals surface area (Å²) < 4.78 is 5.35. The third-order valence-electron chi connectivity index (χ3n) is 3.04. The molecule has 1 aromatic heterocycles. The largest absolute Gasteiger partial charge is 0.456 e. The van der Waals surface area contributed by atoms with Gasteiger partial charge >= 0.3 is 0 Å². The van der Waals surface area contributed by atoms with Crippen LogP contribution in [0.15, 0.2) is 16.5 Å². The quantitative estimate of drug-likeness (QED) is 0.801. The summed E-state index contributed by atoms with van der Waals surface area (Å²) in [5.41, 5.74) is 0. The molecule has 1 aliphatic heterocycles. The molecule has 2 heterocycles. The summed E-state index contributed by atoms with van der Waals surface area (Å²) in [7, 11) is 0. The molecule has 2 rings (SSSR count). The smallest absolute Gasteiger partial charge is 0.289 e. The SMILES string of the molecule is Cc1ccc(C(=O)N2CCC(CCBr)C2)o1. The standard InChI is InChI=1S/C12H16BrNO2/c1-9-2-3-11(16-9)12(15)14-7-5-10(8-14)4-6-13/h2-3,10H,4-8H2,1H3. The second kappa shape index (κ2) is 5.04. The zero-order chi connectivity index (χ0) is 11.5. The van der Waals surface area contributed by atoms with E-state index in [0.717, 1.165) is 37.0 Å². The zero-order valence-corrected chi connectivity index (χ0v) is 11.0. The van der Waals surface area contributed by atoms with Crippen molar-refractivity contribution in [2.45, 2.75) is 19.8 Å². The minimum atomic E-state index is 0.0326. The lowest BCUT2D eigenvalue weighted by Gasteiger charge is -2.14. The maximum Gasteiger partial charge on any atom is 0.289 e. The highest BCUT2D eigenvalue weighted by Crippen LogP contribution is 2.22. The Kier molecular flexibility index (Phi) is 3.69. The molecule has 0 bridgehead atoms. The minimum absolute atomic E-state index is 0.0326. The van der Waals surface area contributed by atoms with Crippen molar-refractivity contribution in [2.75, 3.05) is 18.4 Å². The van der Waals surface area contributed by atoms with Crippen LogP contribution in [0.25, 0.3) is 0 Å². The number of aryl methyl sites for hydroxylation is 1. The number of nitrogens with zero attached hydrogens (tertiary/aromatic N) is 1. The van der Waals surface area contributed by atoms with Gasteiger partial charge in [0.25, 0.3) is 5.91 Å². The molecule has 0 radical (unpaired) electrons. The first-order valence-electron chi connectivity index (χ1n) is 5.62. The summed E-state index contributed by atoms with van der Waals surface area (Å²) in [6.45, 7) is 3.58. The third-order valence-corrected chi connectivity index (χ3v) is 3.50. The number of carbonyl (C=O) groups is 1. The van der Waals surface area contributed by atoms with E-state index in [-0.39, 0.29) is 5.91 Å². The van der Waals surface area contributed by atoms with Crippen LogP contribution in [-0.2, 0) is 0 Å². The molecule has 0 saturated carbocycles. The number of halogens is 1. The van der Waals surface area contributed by atoms with Crippen LogP contribution < -0.4 is 0 Å². The molecule has 16 heavy (non-hydrogen) atoms. The van der Waals surface area contributed by atoms with Crippen molar-refractivity contribution in [3.8, 4) is 0 Å². The van der Waals surface area contributed by atoms with Crippen LogP contribution in [0.2, 0.25) is 0 Å². The van der Waals surface area contributed by atoms with E-state index in [9.17, 15) is 4.79 Å². The highest BCUT2D eigenvalue weighted by atomic mass is 79.9. The molecule has 0 aliphatic carbocycles. The first kappa shape index (κ1) is 11.7. The number of rotatable bonds is 3. The van der Waals surface area contributed by atoms with E-state index in [2.05, 4.69) is 15.9 Å². The fourth-order valence-corrected chi connectivity index (χ4v) is 2.76. The lowest BCUT2D eigenvalue weighted by atomic mass is 10.1. The Morgan fingerprint density at radius 2 is 2.44 bits per heavy atom. The van der Waals surface area contributed by atoms with Gasteiger partial charge in [-0.1, -0.05) is 15.9 Å². The van der Waals surface area contributed by atoms with E-state index in [1.54, 1.807) is 6.07 Å². The Morgan fingerprint density at radius 3 is 3.06 bits per heavy atom. The molecule has 1 aliphatic rings. The third kappa shape index (κ3) is 2.48. The van der Waals surface area contributed by atoms with E-state index in [0.29, 0.717) is 11.7 Å². The van der Waals surface area contributed by atoms with Crippen molar-refractivity contribution in [3.63, 3.8) is 0 Å². The van der Waals surface area contributed by atoms with Crippen molar-refractivity contribution < 1.29 is 9.21 Å². The van der Waals surface area contributed by atoms with Gasteiger partial charge in [-0.15, -0.1) is 0 Å². The molecule has 4 heteroatoms. The van der Waals surface area contributed by atoms with Crippen LogP contribution in [0, 0.1) is 12.8 Å². The Morgan fingerprint density at radius 1 is 1.62 bits per heavy atom. The minimum Gasteiger partial charge on any atom is -0.456 e. The molecular formula is C12H16BrNO2. The first-order chi connectivity index (χ1) is 7.70. The number of amides is 1. The molecular weight excluding hydrogens is 270 g/mol. The predicted octanol–water partition coefficient (Wildman–Crippen LogP) is 2.84. The highest BCUT2D eigenvalue weighted by Gasteiger charge is 2.27. The Bertz CT molecular complexity index is 375. The van der Waals surface area contributed by atoms with Crippen LogP contribution in [0.3, 0.4) is 0 Å². The summed E-state index contributed by atoms with van der Waals surface area (Å²) in [6.07, 6.45) is 2.25. The van der Waals surface area contributed by atoms with Gasteiger partial charge in [0.1, 0.15) is 5.76 Å². The molecule has 1 aromatic rings. The van der Waals surface area contributed by atoms with Crippen molar-refractivity contribution in [2.24, 2.45) is 5.92 Å². The van der Waals surface area contributed by atoms with E-state index in [1.165, 1.54) is 0 Å². The van der Waals surface area contributed by atoms with Crippen LogP contribution in [0.1, 0.15) is 29.2 Å². The van der Waals surface area contributed by atoms with Crippen LogP contribution in [0.5, 0.6) is 0 Å². The van der Waals surface area contributed by atoms with Gasteiger partial charge in [-0.2, -0.15) is 0 Å². The number of furan rings is 1. The van der Waals surface area contributed by atoms with Gasteiger partial charge in [0.15, 0.2) is 5.76 Å². The molecule has 1 saturated heterocycles. The van der Waals surface area contributed by atoms with Gasteiger partial charge in [0.05, 0.1) is 0 Å². The molecule has 1 amide bonds. The lowest BCUT2D eigenvalue weighted by Crippen LogP contribution is -2.28. The molecule has 1 atom stereocenters. The van der Waals surface area contributed by atoms with Gasteiger partial charge < -0.3 is 9.32 Å². The van der Waals surface area contributed by atoms with Gasteiger partial charge in [-0.05, 0) is 37.8 Å². The van der Waals surface area contributed by atoms with E-state index in [1.807, 2.05) is 17.9 Å². The summed E-state index contributed by atoms with van der Waals surface area (Å²) in [5, 5.41) is 1.01. The molecule has 1 unspecified atom stereocenters. The second-order valence-corrected chi connectivity index (χ2v) is 5.09. The molecule has 0 N–H and O–H groups in total. The molecule has 1 fully saturated rings. The summed E-state index contributed by atoms with van der Waals surface area (Å²) in [6, 6.07) is 3.59. The van der Waals surface area contributed by atoms with Crippen molar-refractivity contribution in [1.82, 2.24) is 4.90 Å². The number of hydrogen-bond donors (Lipinski definition) is 0. The van der Waals surface area contributed by atoms with Gasteiger partial charge in [-0.3, -0.25) is 4.79 Å². The Labute approximate surface area is 104 Å². The Balaban J connectivity index is 1.97. The summed E-state index contributed by atoms with van der Waals surface area (Å²) >= 11 is 3.44. The topological polar surface area (TPSA) is 33.5 Å². The monoisotopic (exact) mass is 285 g/mol. The van der Waals surface area contributed by atoms with Crippen molar-refractivity contribution in [1.29, 1.82) is 0 Å². The second-order valence-electron chi connectivity index (χ2n) is 4.29. The fraction of sp³-hybridized carbons (Fsp3) is 0.583. The zero-order valence-electron chi connectivity index (χ0n) is 9.41. The van der Waals surface area contributed by atoms with Gasteiger partial charge in [-0.25, -0.2) is 0 Å². The van der Waals surface area contributed by atoms with Gasteiger partial charge in [0, 0.05) is 18.4 Å². The van der Waals surface area contributed by atoms with Crippen molar-refractivity contribution in [3.05, 3.63) is 23.7 Å². The first-order valence-corrected chi connectivity index (χ1v) is 6.74. The molecule has 88 valence electrons. The fourth-order valence-electron chi connectivity index (χ4n) is 2.11. The number of likely N-dealkylation sites (tertiary alicyclic amines) is 1. The van der Waals surface area contributed by atoms with Crippen LogP contribution in [0.4, 0.5) is 0 Å². The summed E-state index contributed by atoms with van der Waals surface area (Å²) in [5.74, 6) is 1.93.